The Kier molecular flexibility index (Phi) is 2.99. The van der Waals surface area contributed by atoms with E-state index in [9.17, 15) is 4.79 Å². The van der Waals surface area contributed by atoms with E-state index < -0.39 is 0 Å². The molecule has 0 N–H and O–H groups in total. The lowest BCUT2D eigenvalue weighted by molar-refractivity contribution is -0.116. The minimum Gasteiger partial charge on any atom is -0.493 e. The average molecular weight is 221 g/mol. The number of nitrogens with zero attached hydrogens (tertiary/aromatic N) is 1. The van der Waals surface area contributed by atoms with Crippen LogP contribution in [-0.4, -0.2) is 33.1 Å². The summed E-state index contributed by atoms with van der Waals surface area (Å²) < 4.78 is 10.4. The van der Waals surface area contributed by atoms with Crippen LogP contribution in [0.2, 0.25) is 0 Å². The number of hydrogen-bond acceptors (Lipinski definition) is 4. The van der Waals surface area contributed by atoms with Gasteiger partial charge in [-0.05, 0) is 12.1 Å². The van der Waals surface area contributed by atoms with Gasteiger partial charge >= 0.3 is 0 Å². The Hall–Kier alpha value is -1.71. The number of carbonyl (C=O) groups excluding carboxylic acids is 1. The van der Waals surface area contributed by atoms with Crippen LogP contribution in [0.3, 0.4) is 0 Å². The van der Waals surface area contributed by atoms with Crippen molar-refractivity contribution >= 4 is 11.5 Å². The third kappa shape index (κ3) is 1.96. The molecule has 0 atom stereocenters. The SMILES string of the molecule is COc1ccc(N2CCC(=O)C2)cc1OC. The van der Waals surface area contributed by atoms with Crippen LogP contribution in [0.5, 0.6) is 11.5 Å². The lowest BCUT2D eigenvalue weighted by Gasteiger charge is -2.18. The van der Waals surface area contributed by atoms with E-state index >= 15 is 0 Å². The summed E-state index contributed by atoms with van der Waals surface area (Å²) in [6, 6.07) is 5.70. The molecule has 86 valence electrons. The van der Waals surface area contributed by atoms with Crippen molar-refractivity contribution in [3.8, 4) is 11.5 Å². The van der Waals surface area contributed by atoms with E-state index in [-0.39, 0.29) is 5.78 Å². The van der Waals surface area contributed by atoms with Crippen LogP contribution in [0.15, 0.2) is 18.2 Å². The van der Waals surface area contributed by atoms with Gasteiger partial charge in [-0.2, -0.15) is 0 Å². The first kappa shape index (κ1) is 10.8. The van der Waals surface area contributed by atoms with Crippen LogP contribution in [0.4, 0.5) is 5.69 Å². The molecule has 0 unspecified atom stereocenters. The average Bonchev–Trinajstić information content (AvgIpc) is 2.75. The molecule has 1 heterocycles. The van der Waals surface area contributed by atoms with E-state index in [1.807, 2.05) is 23.1 Å². The van der Waals surface area contributed by atoms with E-state index in [0.717, 1.165) is 12.2 Å². The molecule has 1 aromatic carbocycles. The molecule has 0 bridgehead atoms. The van der Waals surface area contributed by atoms with Gasteiger partial charge in [-0.25, -0.2) is 0 Å². The molecular weight excluding hydrogens is 206 g/mol. The van der Waals surface area contributed by atoms with Gasteiger partial charge < -0.3 is 14.4 Å². The normalized spacial score (nSPS) is 15.4. The van der Waals surface area contributed by atoms with Crippen LogP contribution >= 0.6 is 0 Å². The zero-order valence-electron chi connectivity index (χ0n) is 9.53. The largest absolute Gasteiger partial charge is 0.493 e. The van der Waals surface area contributed by atoms with Gasteiger partial charge in [-0.1, -0.05) is 0 Å². The molecule has 0 amide bonds. The van der Waals surface area contributed by atoms with Gasteiger partial charge in [0.25, 0.3) is 0 Å². The molecule has 1 aromatic rings. The first-order valence-electron chi connectivity index (χ1n) is 5.23. The van der Waals surface area contributed by atoms with E-state index in [2.05, 4.69) is 0 Å². The third-order valence-electron chi connectivity index (χ3n) is 2.76. The molecule has 4 nitrogen and oxygen atoms in total. The van der Waals surface area contributed by atoms with Crippen molar-refractivity contribution in [2.75, 3.05) is 32.2 Å². The number of carbonyl (C=O) groups is 1. The van der Waals surface area contributed by atoms with Crippen molar-refractivity contribution in [3.63, 3.8) is 0 Å². The Balaban J connectivity index is 2.25. The van der Waals surface area contributed by atoms with Crippen molar-refractivity contribution in [3.05, 3.63) is 18.2 Å². The fraction of sp³-hybridized carbons (Fsp3) is 0.417. The molecule has 0 aliphatic carbocycles. The number of anilines is 1. The van der Waals surface area contributed by atoms with Gasteiger partial charge in [-0.15, -0.1) is 0 Å². The van der Waals surface area contributed by atoms with Gasteiger partial charge in [0, 0.05) is 24.7 Å². The Labute approximate surface area is 94.8 Å². The smallest absolute Gasteiger partial charge is 0.162 e. The lowest BCUT2D eigenvalue weighted by Crippen LogP contribution is -2.19. The van der Waals surface area contributed by atoms with Crippen molar-refractivity contribution < 1.29 is 14.3 Å². The molecule has 1 saturated heterocycles. The number of ketones is 1. The maximum absolute atomic E-state index is 11.2. The highest BCUT2D eigenvalue weighted by Gasteiger charge is 2.20. The molecular formula is C12H15NO3. The van der Waals surface area contributed by atoms with Gasteiger partial charge in [0.05, 0.1) is 20.8 Å². The lowest BCUT2D eigenvalue weighted by atomic mass is 10.2. The zero-order valence-corrected chi connectivity index (χ0v) is 9.53. The minimum absolute atomic E-state index is 0.287. The van der Waals surface area contributed by atoms with Gasteiger partial charge in [0.15, 0.2) is 17.3 Å². The molecule has 0 radical (unpaired) electrons. The van der Waals surface area contributed by atoms with E-state index in [1.165, 1.54) is 0 Å². The molecule has 4 heteroatoms. The maximum atomic E-state index is 11.2. The molecule has 2 rings (SSSR count). The number of rotatable bonds is 3. The Morgan fingerprint density at radius 2 is 1.94 bits per heavy atom. The highest BCUT2D eigenvalue weighted by molar-refractivity contribution is 5.87. The topological polar surface area (TPSA) is 38.8 Å². The number of Topliss-reactive ketones (excluding diaryl/α,β-unsaturated/α-hetero) is 1. The van der Waals surface area contributed by atoms with Crippen molar-refractivity contribution in [1.82, 2.24) is 0 Å². The van der Waals surface area contributed by atoms with Crippen LogP contribution in [0.1, 0.15) is 6.42 Å². The minimum atomic E-state index is 0.287. The summed E-state index contributed by atoms with van der Waals surface area (Å²) in [5.74, 6) is 1.69. The van der Waals surface area contributed by atoms with Gasteiger partial charge in [-0.3, -0.25) is 4.79 Å². The van der Waals surface area contributed by atoms with Crippen molar-refractivity contribution in [2.45, 2.75) is 6.42 Å². The quantitative estimate of drug-likeness (QED) is 0.775. The van der Waals surface area contributed by atoms with Gasteiger partial charge in [0.1, 0.15) is 0 Å². The molecule has 0 spiro atoms. The summed E-state index contributed by atoms with van der Waals surface area (Å²) >= 11 is 0. The summed E-state index contributed by atoms with van der Waals surface area (Å²) in [4.78, 5) is 13.3. The summed E-state index contributed by atoms with van der Waals surface area (Å²) in [6.07, 6.45) is 0.633. The Morgan fingerprint density at radius 3 is 2.50 bits per heavy atom. The van der Waals surface area contributed by atoms with Crippen LogP contribution in [-0.2, 0) is 4.79 Å². The molecule has 1 aliphatic rings. The Morgan fingerprint density at radius 1 is 1.19 bits per heavy atom. The zero-order chi connectivity index (χ0) is 11.5. The van der Waals surface area contributed by atoms with Crippen molar-refractivity contribution in [1.29, 1.82) is 0 Å². The van der Waals surface area contributed by atoms with Crippen LogP contribution in [0, 0.1) is 0 Å². The predicted molar refractivity (Wildman–Crippen MR) is 61.4 cm³/mol. The summed E-state index contributed by atoms with van der Waals surface area (Å²) in [7, 11) is 3.22. The summed E-state index contributed by atoms with van der Waals surface area (Å²) in [6.45, 7) is 1.28. The molecule has 1 fully saturated rings. The first-order valence-corrected chi connectivity index (χ1v) is 5.23. The maximum Gasteiger partial charge on any atom is 0.162 e. The van der Waals surface area contributed by atoms with Crippen LogP contribution < -0.4 is 14.4 Å². The molecule has 16 heavy (non-hydrogen) atoms. The monoisotopic (exact) mass is 221 g/mol. The number of benzene rings is 1. The van der Waals surface area contributed by atoms with Crippen LogP contribution in [0.25, 0.3) is 0 Å². The second kappa shape index (κ2) is 4.43. The van der Waals surface area contributed by atoms with E-state index in [1.54, 1.807) is 14.2 Å². The highest BCUT2D eigenvalue weighted by atomic mass is 16.5. The second-order valence-corrected chi connectivity index (χ2v) is 3.75. The molecule has 0 aromatic heterocycles. The fourth-order valence-electron chi connectivity index (χ4n) is 1.87. The number of methoxy groups -OCH3 is 2. The fourth-order valence-corrected chi connectivity index (χ4v) is 1.87. The highest BCUT2D eigenvalue weighted by Crippen LogP contribution is 2.32. The van der Waals surface area contributed by atoms with E-state index in [4.69, 9.17) is 9.47 Å². The molecule has 1 aliphatic heterocycles. The predicted octanol–water partition coefficient (Wildman–Crippen LogP) is 1.48. The summed E-state index contributed by atoms with van der Waals surface area (Å²) in [5.41, 5.74) is 1.00. The standard InChI is InChI=1S/C12H15NO3/c1-15-11-4-3-9(7-12(11)16-2)13-6-5-10(14)8-13/h3-4,7H,5-6,8H2,1-2H3. The Bertz CT molecular complexity index is 403. The second-order valence-electron chi connectivity index (χ2n) is 3.75. The first-order chi connectivity index (χ1) is 7.74. The van der Waals surface area contributed by atoms with E-state index in [0.29, 0.717) is 24.5 Å². The summed E-state index contributed by atoms with van der Waals surface area (Å²) in [5, 5.41) is 0. The van der Waals surface area contributed by atoms with Gasteiger partial charge in [0.2, 0.25) is 0 Å². The third-order valence-corrected chi connectivity index (χ3v) is 2.76. The number of hydrogen-bond donors (Lipinski definition) is 0. The molecule has 0 saturated carbocycles. The van der Waals surface area contributed by atoms with Crippen molar-refractivity contribution in [2.24, 2.45) is 0 Å². The number of ether oxygens (including phenoxy) is 2.